The zero-order valence-corrected chi connectivity index (χ0v) is 7.38. The third-order valence-corrected chi connectivity index (χ3v) is 4.67. The van der Waals surface area contributed by atoms with Gasteiger partial charge in [0.25, 0.3) is 0 Å². The van der Waals surface area contributed by atoms with Crippen molar-refractivity contribution in [1.29, 1.82) is 0 Å². The molecule has 1 saturated heterocycles. The lowest BCUT2D eigenvalue weighted by Gasteiger charge is -2.31. The Morgan fingerprint density at radius 2 is 1.50 bits per heavy atom. The van der Waals surface area contributed by atoms with Gasteiger partial charge < -0.3 is 0 Å². The van der Waals surface area contributed by atoms with E-state index in [9.17, 15) is 0 Å². The van der Waals surface area contributed by atoms with Crippen LogP contribution in [0.3, 0.4) is 0 Å². The summed E-state index contributed by atoms with van der Waals surface area (Å²) in [6.45, 7) is 0. The van der Waals surface area contributed by atoms with Crippen molar-refractivity contribution in [3.63, 3.8) is 0 Å². The summed E-state index contributed by atoms with van der Waals surface area (Å²) < 4.78 is 0.790. The molecule has 0 N–H and O–H groups in total. The smallest absolute Gasteiger partial charge is 0.0160 e. The molecule has 0 aromatic heterocycles. The molecule has 1 heterocycles. The second-order valence-corrected chi connectivity index (χ2v) is 5.26. The molecule has 1 heteroatoms. The van der Waals surface area contributed by atoms with E-state index < -0.39 is 0 Å². The fraction of sp³-hybridized carbons (Fsp3) is 1.00. The lowest BCUT2D eigenvalue weighted by atomic mass is 9.85. The van der Waals surface area contributed by atoms with Crippen LogP contribution in [0.4, 0.5) is 0 Å². The van der Waals surface area contributed by atoms with Crippen LogP contribution < -0.4 is 0 Å². The largest absolute Gasteiger partial charge is 0.155 e. The molecule has 1 saturated carbocycles. The molecule has 0 unspecified atom stereocenters. The van der Waals surface area contributed by atoms with Gasteiger partial charge in [-0.3, -0.25) is 0 Å². The van der Waals surface area contributed by atoms with Gasteiger partial charge in [0.1, 0.15) is 0 Å². The summed E-state index contributed by atoms with van der Waals surface area (Å²) in [4.78, 5) is 0. The molecule has 0 amide bonds. The predicted octanol–water partition coefficient (Wildman–Crippen LogP) is 3.22. The van der Waals surface area contributed by atoms with Crippen molar-refractivity contribution in [3.8, 4) is 0 Å². The summed E-state index contributed by atoms with van der Waals surface area (Å²) in [5, 5.41) is 0. The van der Waals surface area contributed by atoms with Gasteiger partial charge in [0.15, 0.2) is 0 Å². The highest BCUT2D eigenvalue weighted by Crippen LogP contribution is 2.47. The highest BCUT2D eigenvalue weighted by molar-refractivity contribution is 8.00. The SMILES string of the molecule is C1CCC2(CC1)CCCS2. The van der Waals surface area contributed by atoms with Gasteiger partial charge in [0, 0.05) is 4.75 Å². The minimum Gasteiger partial charge on any atom is -0.155 e. The van der Waals surface area contributed by atoms with E-state index in [2.05, 4.69) is 11.8 Å². The van der Waals surface area contributed by atoms with E-state index >= 15 is 0 Å². The predicted molar refractivity (Wildman–Crippen MR) is 47.5 cm³/mol. The van der Waals surface area contributed by atoms with Crippen LogP contribution in [0.25, 0.3) is 0 Å². The highest BCUT2D eigenvalue weighted by Gasteiger charge is 2.35. The molecule has 0 bridgehead atoms. The van der Waals surface area contributed by atoms with E-state index in [4.69, 9.17) is 0 Å². The molecule has 0 nitrogen and oxygen atoms in total. The lowest BCUT2D eigenvalue weighted by molar-refractivity contribution is 0.388. The van der Waals surface area contributed by atoms with Gasteiger partial charge in [-0.2, -0.15) is 11.8 Å². The van der Waals surface area contributed by atoms with Crippen LogP contribution in [-0.4, -0.2) is 10.5 Å². The fourth-order valence-corrected chi connectivity index (χ4v) is 3.93. The quantitative estimate of drug-likeness (QED) is 0.519. The summed E-state index contributed by atoms with van der Waals surface area (Å²) in [6, 6.07) is 0. The Morgan fingerprint density at radius 3 is 2.10 bits per heavy atom. The van der Waals surface area contributed by atoms with E-state index in [1.807, 2.05) is 0 Å². The number of hydrogen-bond donors (Lipinski definition) is 0. The van der Waals surface area contributed by atoms with Gasteiger partial charge in [-0.15, -0.1) is 0 Å². The van der Waals surface area contributed by atoms with Crippen LogP contribution in [0.2, 0.25) is 0 Å². The number of thioether (sulfide) groups is 1. The molecule has 2 rings (SSSR count). The van der Waals surface area contributed by atoms with Gasteiger partial charge >= 0.3 is 0 Å². The zero-order valence-electron chi connectivity index (χ0n) is 6.57. The monoisotopic (exact) mass is 156 g/mol. The lowest BCUT2D eigenvalue weighted by Crippen LogP contribution is -2.23. The third kappa shape index (κ3) is 1.20. The van der Waals surface area contributed by atoms with Gasteiger partial charge in [0.2, 0.25) is 0 Å². The normalized spacial score (nSPS) is 31.2. The molecule has 1 aliphatic heterocycles. The second kappa shape index (κ2) is 2.77. The summed E-state index contributed by atoms with van der Waals surface area (Å²) in [7, 11) is 0. The van der Waals surface area contributed by atoms with E-state index in [0.717, 1.165) is 4.75 Å². The Bertz CT molecular complexity index is 106. The Labute approximate surface area is 67.8 Å². The van der Waals surface area contributed by atoms with E-state index in [0.29, 0.717) is 0 Å². The first-order valence-electron chi connectivity index (χ1n) is 4.55. The van der Waals surface area contributed by atoms with Crippen LogP contribution in [0.5, 0.6) is 0 Å². The van der Waals surface area contributed by atoms with Gasteiger partial charge in [-0.05, 0) is 31.4 Å². The molecule has 0 aromatic rings. The van der Waals surface area contributed by atoms with E-state index in [1.54, 1.807) is 0 Å². The number of rotatable bonds is 0. The first kappa shape index (κ1) is 7.02. The minimum atomic E-state index is 0.790. The Morgan fingerprint density at radius 1 is 0.800 bits per heavy atom. The first-order valence-corrected chi connectivity index (χ1v) is 5.54. The maximum Gasteiger partial charge on any atom is 0.0160 e. The standard InChI is InChI=1S/C9H16S/c1-2-5-9(6-3-1)7-4-8-10-9/h1-8H2. The van der Waals surface area contributed by atoms with Crippen LogP contribution in [0.1, 0.15) is 44.9 Å². The van der Waals surface area contributed by atoms with Crippen LogP contribution in [-0.2, 0) is 0 Å². The average Bonchev–Trinajstić information content (AvgIpc) is 2.39. The maximum atomic E-state index is 2.27. The third-order valence-electron chi connectivity index (χ3n) is 2.95. The topological polar surface area (TPSA) is 0 Å². The fourth-order valence-electron chi connectivity index (χ4n) is 2.35. The van der Waals surface area contributed by atoms with E-state index in [-0.39, 0.29) is 0 Å². The first-order chi connectivity index (χ1) is 4.91. The highest BCUT2D eigenvalue weighted by atomic mass is 32.2. The Balaban J connectivity index is 1.98. The molecule has 58 valence electrons. The second-order valence-electron chi connectivity index (χ2n) is 3.70. The molecule has 1 aliphatic carbocycles. The van der Waals surface area contributed by atoms with E-state index in [1.165, 1.54) is 50.7 Å². The molecule has 2 aliphatic rings. The molecule has 0 radical (unpaired) electrons. The van der Waals surface area contributed by atoms with Crippen molar-refractivity contribution in [2.45, 2.75) is 49.7 Å². The zero-order chi connectivity index (χ0) is 6.86. The van der Waals surface area contributed by atoms with Gasteiger partial charge in [-0.25, -0.2) is 0 Å². The average molecular weight is 156 g/mol. The number of hydrogen-bond acceptors (Lipinski definition) is 1. The summed E-state index contributed by atoms with van der Waals surface area (Å²) in [6.07, 6.45) is 10.6. The van der Waals surface area contributed by atoms with Crippen molar-refractivity contribution >= 4 is 11.8 Å². The molecule has 2 fully saturated rings. The van der Waals surface area contributed by atoms with Crippen molar-refractivity contribution < 1.29 is 0 Å². The summed E-state index contributed by atoms with van der Waals surface area (Å²) >= 11 is 2.27. The molecular weight excluding hydrogens is 140 g/mol. The maximum absolute atomic E-state index is 2.27. The van der Waals surface area contributed by atoms with Crippen LogP contribution in [0, 0.1) is 0 Å². The molecular formula is C9H16S. The van der Waals surface area contributed by atoms with Crippen molar-refractivity contribution in [1.82, 2.24) is 0 Å². The molecule has 0 aromatic carbocycles. The molecule has 10 heavy (non-hydrogen) atoms. The van der Waals surface area contributed by atoms with Crippen molar-refractivity contribution in [3.05, 3.63) is 0 Å². The van der Waals surface area contributed by atoms with Crippen molar-refractivity contribution in [2.75, 3.05) is 5.75 Å². The molecule has 0 atom stereocenters. The van der Waals surface area contributed by atoms with Gasteiger partial charge in [-0.1, -0.05) is 19.3 Å². The minimum absolute atomic E-state index is 0.790. The summed E-state index contributed by atoms with van der Waals surface area (Å²) in [5.41, 5.74) is 0. The Kier molecular flexibility index (Phi) is 1.94. The van der Waals surface area contributed by atoms with Crippen LogP contribution in [0.15, 0.2) is 0 Å². The summed E-state index contributed by atoms with van der Waals surface area (Å²) in [5.74, 6) is 1.44. The Hall–Kier alpha value is 0.350. The van der Waals surface area contributed by atoms with Crippen molar-refractivity contribution in [2.24, 2.45) is 0 Å². The molecule has 1 spiro atoms. The van der Waals surface area contributed by atoms with Gasteiger partial charge in [0.05, 0.1) is 0 Å². The van der Waals surface area contributed by atoms with Crippen LogP contribution >= 0.6 is 11.8 Å².